The van der Waals surface area contributed by atoms with Crippen molar-refractivity contribution in [2.75, 3.05) is 7.11 Å². The molecule has 0 spiro atoms. The molecule has 0 bridgehead atoms. The topological polar surface area (TPSA) is 59.7 Å². The second kappa shape index (κ2) is 5.44. The largest absolute Gasteiger partial charge is 0.463 e. The van der Waals surface area contributed by atoms with Gasteiger partial charge in [0.2, 0.25) is 5.76 Å². The number of rotatable bonds is 3. The molecule has 1 aliphatic rings. The summed E-state index contributed by atoms with van der Waals surface area (Å²) in [5.74, 6) is 0.218. The van der Waals surface area contributed by atoms with Crippen molar-refractivity contribution in [3.8, 4) is 0 Å². The maximum absolute atomic E-state index is 11.3. The molecule has 1 aromatic rings. The summed E-state index contributed by atoms with van der Waals surface area (Å²) in [5.41, 5.74) is -0.462. The van der Waals surface area contributed by atoms with E-state index in [1.807, 2.05) is 0 Å². The predicted molar refractivity (Wildman–Crippen MR) is 76.3 cm³/mol. The molecule has 1 heterocycles. The van der Waals surface area contributed by atoms with Gasteiger partial charge in [-0.2, -0.15) is 0 Å². The first-order valence-electron chi connectivity index (χ1n) is 6.93. The van der Waals surface area contributed by atoms with E-state index in [1.54, 1.807) is 24.3 Å². The molecule has 2 rings (SSSR count). The third-order valence-corrected chi connectivity index (χ3v) is 4.04. The van der Waals surface area contributed by atoms with E-state index in [0.717, 1.165) is 25.7 Å². The zero-order chi connectivity index (χ0) is 14.8. The Bertz CT molecular complexity index is 500. The van der Waals surface area contributed by atoms with Crippen LogP contribution in [0.15, 0.2) is 22.6 Å². The summed E-state index contributed by atoms with van der Waals surface area (Å²) < 4.78 is 9.92. The molecule has 0 saturated heterocycles. The number of furan rings is 1. The first kappa shape index (κ1) is 14.9. The van der Waals surface area contributed by atoms with Gasteiger partial charge in [-0.3, -0.25) is 0 Å². The predicted octanol–water partition coefficient (Wildman–Crippen LogP) is 3.41. The third kappa shape index (κ3) is 3.51. The maximum Gasteiger partial charge on any atom is 0.373 e. The number of methoxy groups -OCH3 is 1. The molecule has 1 N–H and O–H groups in total. The highest BCUT2D eigenvalue weighted by Gasteiger charge is 2.34. The standard InChI is InChI=1S/C16H22O4/c1-15(2)8-10-16(18,11-9-15)7-6-12-4-5-13(20-12)14(17)19-3/h4-7,18H,8-11H2,1-3H3/b7-6+. The number of esters is 1. The highest BCUT2D eigenvalue weighted by Crippen LogP contribution is 2.40. The van der Waals surface area contributed by atoms with Crippen LogP contribution in [0, 0.1) is 5.41 Å². The molecular weight excluding hydrogens is 256 g/mol. The SMILES string of the molecule is COC(=O)c1ccc(/C=C/C2(O)CCC(C)(C)CC2)o1. The summed E-state index contributed by atoms with van der Waals surface area (Å²) in [5, 5.41) is 10.5. The van der Waals surface area contributed by atoms with Gasteiger partial charge in [-0.25, -0.2) is 4.79 Å². The van der Waals surface area contributed by atoms with Crippen LogP contribution in [0.3, 0.4) is 0 Å². The number of carbonyl (C=O) groups excluding carboxylic acids is 1. The van der Waals surface area contributed by atoms with E-state index in [0.29, 0.717) is 11.2 Å². The van der Waals surface area contributed by atoms with Crippen LogP contribution < -0.4 is 0 Å². The summed E-state index contributed by atoms with van der Waals surface area (Å²) in [7, 11) is 1.31. The lowest BCUT2D eigenvalue weighted by Crippen LogP contribution is -2.34. The van der Waals surface area contributed by atoms with Crippen molar-refractivity contribution in [1.29, 1.82) is 0 Å². The minimum Gasteiger partial charge on any atom is -0.463 e. The zero-order valence-electron chi connectivity index (χ0n) is 12.3. The average Bonchev–Trinajstić information content (AvgIpc) is 2.89. The number of ether oxygens (including phenoxy) is 1. The minimum atomic E-state index is -0.770. The Morgan fingerprint density at radius 2 is 1.95 bits per heavy atom. The lowest BCUT2D eigenvalue weighted by Gasteiger charge is -2.38. The smallest absolute Gasteiger partial charge is 0.373 e. The van der Waals surface area contributed by atoms with E-state index in [4.69, 9.17) is 4.42 Å². The first-order valence-corrected chi connectivity index (χ1v) is 6.93. The van der Waals surface area contributed by atoms with Crippen LogP contribution in [-0.4, -0.2) is 23.8 Å². The van der Waals surface area contributed by atoms with E-state index >= 15 is 0 Å². The van der Waals surface area contributed by atoms with Crippen LogP contribution in [0.4, 0.5) is 0 Å². The van der Waals surface area contributed by atoms with E-state index < -0.39 is 11.6 Å². The number of hydrogen-bond donors (Lipinski definition) is 1. The zero-order valence-corrected chi connectivity index (χ0v) is 12.3. The molecule has 0 aliphatic heterocycles. The fourth-order valence-electron chi connectivity index (χ4n) is 2.42. The maximum atomic E-state index is 11.3. The van der Waals surface area contributed by atoms with Crippen LogP contribution >= 0.6 is 0 Å². The molecule has 20 heavy (non-hydrogen) atoms. The monoisotopic (exact) mass is 278 g/mol. The molecule has 0 aromatic carbocycles. The van der Waals surface area contributed by atoms with E-state index in [9.17, 15) is 9.90 Å². The van der Waals surface area contributed by atoms with Crippen molar-refractivity contribution in [2.24, 2.45) is 5.41 Å². The van der Waals surface area contributed by atoms with Crippen LogP contribution in [0.5, 0.6) is 0 Å². The molecule has 4 heteroatoms. The van der Waals surface area contributed by atoms with Crippen molar-refractivity contribution in [3.05, 3.63) is 29.7 Å². The van der Waals surface area contributed by atoms with Gasteiger partial charge in [0.1, 0.15) is 5.76 Å². The Morgan fingerprint density at radius 1 is 1.30 bits per heavy atom. The lowest BCUT2D eigenvalue weighted by atomic mass is 9.71. The second-order valence-corrected chi connectivity index (χ2v) is 6.29. The van der Waals surface area contributed by atoms with Crippen molar-refractivity contribution < 1.29 is 19.1 Å². The lowest BCUT2D eigenvalue weighted by molar-refractivity contribution is 0.0155. The fourth-order valence-corrected chi connectivity index (χ4v) is 2.42. The van der Waals surface area contributed by atoms with Crippen LogP contribution in [-0.2, 0) is 4.74 Å². The van der Waals surface area contributed by atoms with E-state index in [2.05, 4.69) is 18.6 Å². The normalized spacial score (nSPS) is 21.0. The molecular formula is C16H22O4. The molecule has 0 amide bonds. The molecule has 0 atom stereocenters. The Hall–Kier alpha value is -1.55. The molecule has 1 fully saturated rings. The van der Waals surface area contributed by atoms with Gasteiger partial charge in [0.05, 0.1) is 12.7 Å². The summed E-state index contributed by atoms with van der Waals surface area (Å²) >= 11 is 0. The van der Waals surface area contributed by atoms with Crippen LogP contribution in [0.1, 0.15) is 55.8 Å². The highest BCUT2D eigenvalue weighted by molar-refractivity contribution is 5.86. The highest BCUT2D eigenvalue weighted by atomic mass is 16.5. The summed E-state index contributed by atoms with van der Waals surface area (Å²) in [4.78, 5) is 11.3. The summed E-state index contributed by atoms with van der Waals surface area (Å²) in [6.45, 7) is 4.46. The Balaban J connectivity index is 2.02. The van der Waals surface area contributed by atoms with Gasteiger partial charge in [0, 0.05) is 0 Å². The van der Waals surface area contributed by atoms with Gasteiger partial charge < -0.3 is 14.3 Å². The van der Waals surface area contributed by atoms with Crippen molar-refractivity contribution in [2.45, 2.75) is 45.1 Å². The molecule has 0 unspecified atom stereocenters. The summed E-state index contributed by atoms with van der Waals surface area (Å²) in [6, 6.07) is 3.26. The molecule has 1 aliphatic carbocycles. The van der Waals surface area contributed by atoms with Gasteiger partial charge >= 0.3 is 5.97 Å². The number of carbonyl (C=O) groups is 1. The Labute approximate surface area is 119 Å². The van der Waals surface area contributed by atoms with Gasteiger partial charge in [0.25, 0.3) is 0 Å². The number of hydrogen-bond acceptors (Lipinski definition) is 4. The molecule has 0 radical (unpaired) electrons. The first-order chi connectivity index (χ1) is 9.34. The molecule has 110 valence electrons. The fraction of sp³-hybridized carbons (Fsp3) is 0.562. The van der Waals surface area contributed by atoms with Crippen LogP contribution in [0.2, 0.25) is 0 Å². The third-order valence-electron chi connectivity index (χ3n) is 4.04. The Kier molecular flexibility index (Phi) is 4.04. The van der Waals surface area contributed by atoms with E-state index in [-0.39, 0.29) is 5.76 Å². The van der Waals surface area contributed by atoms with Gasteiger partial charge in [-0.05, 0) is 55.4 Å². The Morgan fingerprint density at radius 3 is 2.55 bits per heavy atom. The summed E-state index contributed by atoms with van der Waals surface area (Å²) in [6.07, 6.45) is 7.01. The second-order valence-electron chi connectivity index (χ2n) is 6.29. The minimum absolute atomic E-state index is 0.170. The molecule has 1 aromatic heterocycles. The van der Waals surface area contributed by atoms with Crippen molar-refractivity contribution in [3.63, 3.8) is 0 Å². The number of aliphatic hydroxyl groups is 1. The van der Waals surface area contributed by atoms with Crippen molar-refractivity contribution >= 4 is 12.0 Å². The van der Waals surface area contributed by atoms with Crippen molar-refractivity contribution in [1.82, 2.24) is 0 Å². The van der Waals surface area contributed by atoms with E-state index in [1.165, 1.54) is 7.11 Å². The van der Waals surface area contributed by atoms with Gasteiger partial charge in [0.15, 0.2) is 0 Å². The van der Waals surface area contributed by atoms with Crippen LogP contribution in [0.25, 0.3) is 6.08 Å². The average molecular weight is 278 g/mol. The quantitative estimate of drug-likeness (QED) is 0.861. The van der Waals surface area contributed by atoms with Gasteiger partial charge in [-0.15, -0.1) is 0 Å². The molecule has 4 nitrogen and oxygen atoms in total. The van der Waals surface area contributed by atoms with Gasteiger partial charge in [-0.1, -0.05) is 13.8 Å². The molecule has 1 saturated carbocycles.